The predicted molar refractivity (Wildman–Crippen MR) is 68.4 cm³/mol. The lowest BCUT2D eigenvalue weighted by Crippen LogP contribution is -2.26. The smallest absolute Gasteiger partial charge is 0.282 e. The predicted octanol–water partition coefficient (Wildman–Crippen LogP) is 2.64. The van der Waals surface area contributed by atoms with Gasteiger partial charge in [0.05, 0.1) is 4.92 Å². The summed E-state index contributed by atoms with van der Waals surface area (Å²) in [6, 6.07) is 2.80. The van der Waals surface area contributed by atoms with Gasteiger partial charge >= 0.3 is 0 Å². The maximum atomic E-state index is 13.0. The molecular weight excluding hydrogens is 307 g/mol. The fourth-order valence-electron chi connectivity index (χ4n) is 1.33. The van der Waals surface area contributed by atoms with Gasteiger partial charge in [0.15, 0.2) is 0 Å². The maximum Gasteiger partial charge on any atom is 0.282 e. The van der Waals surface area contributed by atoms with Crippen LogP contribution in [-0.4, -0.2) is 22.2 Å². The molecule has 0 aliphatic heterocycles. The lowest BCUT2D eigenvalue weighted by molar-refractivity contribution is -0.385. The minimum atomic E-state index is -0.707. The minimum Gasteiger partial charge on any atom is -0.352 e. The molecule has 0 spiro atoms. The summed E-state index contributed by atoms with van der Waals surface area (Å²) in [6.07, 6.45) is 0.675. The summed E-state index contributed by atoms with van der Waals surface area (Å²) in [5, 5.41) is 13.2. The molecule has 1 amide bonds. The number of amides is 1. The monoisotopic (exact) mass is 318 g/mol. The van der Waals surface area contributed by atoms with Crippen LogP contribution in [-0.2, 0) is 0 Å². The second-order valence-corrected chi connectivity index (χ2v) is 5.31. The number of nitrogens with zero attached hydrogens (tertiary/aromatic N) is 1. The highest BCUT2D eigenvalue weighted by molar-refractivity contribution is 9.09. The van der Waals surface area contributed by atoms with Gasteiger partial charge in [-0.15, -0.1) is 0 Å². The third-order valence-corrected chi connectivity index (χ3v) is 2.69. The molecule has 1 atom stereocenters. The van der Waals surface area contributed by atoms with E-state index >= 15 is 0 Å². The van der Waals surface area contributed by atoms with Crippen LogP contribution in [0.2, 0.25) is 0 Å². The molecule has 0 bridgehead atoms. The Morgan fingerprint density at radius 2 is 2.28 bits per heavy atom. The summed E-state index contributed by atoms with van der Waals surface area (Å²) in [5.74, 6) is -1.33. The molecule has 0 fully saturated rings. The van der Waals surface area contributed by atoms with Gasteiger partial charge < -0.3 is 5.32 Å². The normalized spacial score (nSPS) is 11.9. The molecule has 1 rings (SSSR count). The van der Waals surface area contributed by atoms with Crippen LogP contribution in [0.4, 0.5) is 10.1 Å². The molecule has 0 aliphatic carbocycles. The number of benzene rings is 1. The Morgan fingerprint density at radius 1 is 1.61 bits per heavy atom. The summed E-state index contributed by atoms with van der Waals surface area (Å²) in [5.41, 5.74) is -0.664. The summed E-state index contributed by atoms with van der Waals surface area (Å²) in [6.45, 7) is 2.27. The van der Waals surface area contributed by atoms with E-state index in [4.69, 9.17) is 0 Å². The van der Waals surface area contributed by atoms with E-state index in [1.807, 2.05) is 6.92 Å². The van der Waals surface area contributed by atoms with Gasteiger partial charge in [0.25, 0.3) is 11.6 Å². The first kappa shape index (κ1) is 14.6. The number of nitro groups is 1. The maximum absolute atomic E-state index is 13.0. The molecule has 0 saturated carbocycles. The van der Waals surface area contributed by atoms with Crippen molar-refractivity contribution in [2.45, 2.75) is 18.2 Å². The number of nitro benzene ring substituents is 1. The van der Waals surface area contributed by atoms with E-state index in [2.05, 4.69) is 21.2 Å². The standard InChI is InChI=1S/C11H12BrFN2O3/c1-7(12)4-5-14-11(16)9-6-8(13)2-3-10(9)15(17)18/h2-3,6-7H,4-5H2,1H3,(H,14,16). The lowest BCUT2D eigenvalue weighted by Gasteiger charge is -2.07. The first-order valence-electron chi connectivity index (χ1n) is 5.28. The number of carbonyl (C=O) groups excluding carboxylic acids is 1. The molecule has 0 aliphatic rings. The molecule has 1 unspecified atom stereocenters. The van der Waals surface area contributed by atoms with Crippen molar-refractivity contribution in [3.63, 3.8) is 0 Å². The van der Waals surface area contributed by atoms with Gasteiger partial charge in [-0.05, 0) is 18.6 Å². The van der Waals surface area contributed by atoms with E-state index < -0.39 is 22.3 Å². The number of carbonyl (C=O) groups is 1. The highest BCUT2D eigenvalue weighted by Crippen LogP contribution is 2.19. The number of hydrogen-bond donors (Lipinski definition) is 1. The first-order valence-corrected chi connectivity index (χ1v) is 6.19. The highest BCUT2D eigenvalue weighted by Gasteiger charge is 2.20. The molecule has 1 aromatic rings. The summed E-state index contributed by atoms with van der Waals surface area (Å²) in [4.78, 5) is 21.9. The molecule has 1 aromatic carbocycles. The van der Waals surface area contributed by atoms with Gasteiger partial charge in [0.2, 0.25) is 0 Å². The van der Waals surface area contributed by atoms with Crippen LogP contribution in [0, 0.1) is 15.9 Å². The Kier molecular flexibility index (Phi) is 5.21. The molecule has 5 nitrogen and oxygen atoms in total. The minimum absolute atomic E-state index is 0.222. The molecule has 0 heterocycles. The van der Waals surface area contributed by atoms with E-state index in [0.717, 1.165) is 18.2 Å². The van der Waals surface area contributed by atoms with Gasteiger partial charge in [-0.2, -0.15) is 0 Å². The number of halogens is 2. The molecule has 98 valence electrons. The van der Waals surface area contributed by atoms with Crippen LogP contribution in [0.1, 0.15) is 23.7 Å². The van der Waals surface area contributed by atoms with Gasteiger partial charge in [0, 0.05) is 17.4 Å². The third-order valence-electron chi connectivity index (χ3n) is 2.23. The van der Waals surface area contributed by atoms with Crippen molar-refractivity contribution in [2.24, 2.45) is 0 Å². The Morgan fingerprint density at radius 3 is 2.83 bits per heavy atom. The lowest BCUT2D eigenvalue weighted by atomic mass is 10.1. The fourth-order valence-corrected chi connectivity index (χ4v) is 1.56. The topological polar surface area (TPSA) is 72.2 Å². The second-order valence-electron chi connectivity index (χ2n) is 3.74. The number of alkyl halides is 1. The van der Waals surface area contributed by atoms with Crippen molar-refractivity contribution in [1.82, 2.24) is 5.32 Å². The fraction of sp³-hybridized carbons (Fsp3) is 0.364. The Hall–Kier alpha value is -1.50. The average Bonchev–Trinajstić information content (AvgIpc) is 2.27. The molecule has 0 radical (unpaired) electrons. The molecule has 1 N–H and O–H groups in total. The van der Waals surface area contributed by atoms with Crippen molar-refractivity contribution in [1.29, 1.82) is 0 Å². The summed E-state index contributed by atoms with van der Waals surface area (Å²) < 4.78 is 13.0. The number of rotatable bonds is 5. The van der Waals surface area contributed by atoms with E-state index in [1.54, 1.807) is 0 Å². The van der Waals surface area contributed by atoms with Crippen molar-refractivity contribution in [3.05, 3.63) is 39.7 Å². The number of nitrogens with one attached hydrogen (secondary N) is 1. The van der Waals surface area contributed by atoms with E-state index in [-0.39, 0.29) is 10.4 Å². The Labute approximate surface area is 112 Å². The van der Waals surface area contributed by atoms with Crippen molar-refractivity contribution in [2.75, 3.05) is 6.54 Å². The van der Waals surface area contributed by atoms with Crippen LogP contribution < -0.4 is 5.32 Å². The van der Waals surface area contributed by atoms with Crippen LogP contribution in [0.15, 0.2) is 18.2 Å². The zero-order chi connectivity index (χ0) is 13.7. The van der Waals surface area contributed by atoms with E-state index in [1.165, 1.54) is 0 Å². The highest BCUT2D eigenvalue weighted by atomic mass is 79.9. The van der Waals surface area contributed by atoms with Gasteiger partial charge in [0.1, 0.15) is 11.4 Å². The van der Waals surface area contributed by atoms with E-state index in [0.29, 0.717) is 13.0 Å². The van der Waals surface area contributed by atoms with Gasteiger partial charge in [-0.3, -0.25) is 14.9 Å². The van der Waals surface area contributed by atoms with Crippen LogP contribution in [0.3, 0.4) is 0 Å². The largest absolute Gasteiger partial charge is 0.352 e. The van der Waals surface area contributed by atoms with Crippen LogP contribution in [0.5, 0.6) is 0 Å². The molecule has 0 aromatic heterocycles. The quantitative estimate of drug-likeness (QED) is 0.515. The Bertz CT molecular complexity index is 466. The SMILES string of the molecule is CC(Br)CCNC(=O)c1cc(F)ccc1[N+](=O)[O-]. The molecular formula is C11H12BrFN2O3. The summed E-state index contributed by atoms with van der Waals surface area (Å²) in [7, 11) is 0. The van der Waals surface area contributed by atoms with Crippen molar-refractivity contribution < 1.29 is 14.1 Å². The number of hydrogen-bond acceptors (Lipinski definition) is 3. The first-order chi connectivity index (χ1) is 8.41. The molecule has 18 heavy (non-hydrogen) atoms. The van der Waals surface area contributed by atoms with Crippen LogP contribution >= 0.6 is 15.9 Å². The summed E-state index contributed by atoms with van der Waals surface area (Å²) >= 11 is 3.31. The zero-order valence-corrected chi connectivity index (χ0v) is 11.2. The molecule has 7 heteroatoms. The van der Waals surface area contributed by atoms with Crippen molar-refractivity contribution >= 4 is 27.5 Å². The average molecular weight is 319 g/mol. The van der Waals surface area contributed by atoms with Crippen LogP contribution in [0.25, 0.3) is 0 Å². The zero-order valence-electron chi connectivity index (χ0n) is 9.65. The molecule has 0 saturated heterocycles. The van der Waals surface area contributed by atoms with Gasteiger partial charge in [-0.25, -0.2) is 4.39 Å². The Balaban J connectivity index is 2.84. The van der Waals surface area contributed by atoms with E-state index in [9.17, 15) is 19.3 Å². The van der Waals surface area contributed by atoms with Gasteiger partial charge in [-0.1, -0.05) is 22.9 Å². The second kappa shape index (κ2) is 6.44. The third kappa shape index (κ3) is 4.06. The van der Waals surface area contributed by atoms with Crippen molar-refractivity contribution in [3.8, 4) is 0 Å².